The van der Waals surface area contributed by atoms with E-state index in [1.807, 2.05) is 24.8 Å². The Balaban J connectivity index is 1.49. The molecule has 35 heavy (non-hydrogen) atoms. The number of thioether (sulfide) groups is 1. The first-order valence-electron chi connectivity index (χ1n) is 11.0. The Morgan fingerprint density at radius 3 is 2.49 bits per heavy atom. The highest BCUT2D eigenvalue weighted by molar-refractivity contribution is 8.18. The van der Waals surface area contributed by atoms with Gasteiger partial charge in [0.15, 0.2) is 0 Å². The zero-order valence-electron chi connectivity index (χ0n) is 19.3. The molecule has 182 valence electrons. The van der Waals surface area contributed by atoms with Crippen molar-refractivity contribution < 1.29 is 24.0 Å². The van der Waals surface area contributed by atoms with Gasteiger partial charge in [0.25, 0.3) is 16.8 Å². The number of ether oxygens (including phenoxy) is 1. The lowest BCUT2D eigenvalue weighted by Crippen LogP contribution is -2.36. The zero-order chi connectivity index (χ0) is 25.1. The first-order valence-corrected chi connectivity index (χ1v) is 11.8. The van der Waals surface area contributed by atoms with E-state index in [1.165, 1.54) is 12.1 Å². The number of nitro groups is 1. The number of carbonyl (C=O) groups excluding carboxylic acids is 3. The Bertz CT molecular complexity index is 1220. The molecule has 1 N–H and O–H groups in total. The normalized spacial score (nSPS) is 17.3. The van der Waals surface area contributed by atoms with Crippen LogP contribution in [0.5, 0.6) is 0 Å². The fourth-order valence-electron chi connectivity index (χ4n) is 4.03. The average molecular weight is 497 g/mol. The SMILES string of the molecule is Cc1cc(C)cc(NC(=O)CN2C(=O)S/C(=C\c3ccc(N4CCOCC4)c([N+](=O)[O-])c3)C2=O)c1. The number of morpholine rings is 1. The molecule has 2 fully saturated rings. The predicted octanol–water partition coefficient (Wildman–Crippen LogP) is 3.72. The van der Waals surface area contributed by atoms with E-state index in [0.29, 0.717) is 55.0 Å². The average Bonchev–Trinajstić information content (AvgIpc) is 3.06. The van der Waals surface area contributed by atoms with E-state index in [4.69, 9.17) is 4.74 Å². The standard InChI is InChI=1S/C24H24N4O6S/c1-15-9-16(2)11-18(10-15)25-22(29)14-27-23(30)21(35-24(27)31)13-17-3-4-19(20(12-17)28(32)33)26-5-7-34-8-6-26/h3-4,9-13H,5-8,14H2,1-2H3,(H,25,29)/b21-13-. The topological polar surface area (TPSA) is 122 Å². The van der Waals surface area contributed by atoms with Crippen LogP contribution in [-0.2, 0) is 14.3 Å². The third-order valence-corrected chi connectivity index (χ3v) is 6.43. The zero-order valence-corrected chi connectivity index (χ0v) is 20.1. The fraction of sp³-hybridized carbons (Fsp3) is 0.292. The van der Waals surface area contributed by atoms with Gasteiger partial charge in [-0.1, -0.05) is 12.1 Å². The number of nitrogens with zero attached hydrogens (tertiary/aromatic N) is 3. The number of nitrogens with one attached hydrogen (secondary N) is 1. The summed E-state index contributed by atoms with van der Waals surface area (Å²) in [7, 11) is 0. The van der Waals surface area contributed by atoms with Crippen LogP contribution in [0.15, 0.2) is 41.3 Å². The number of anilines is 2. The second kappa shape index (κ2) is 10.3. The number of carbonyl (C=O) groups is 3. The lowest BCUT2D eigenvalue weighted by Gasteiger charge is -2.28. The van der Waals surface area contributed by atoms with E-state index >= 15 is 0 Å². The van der Waals surface area contributed by atoms with Gasteiger partial charge in [0.1, 0.15) is 12.2 Å². The summed E-state index contributed by atoms with van der Waals surface area (Å²) in [5.41, 5.74) is 3.34. The van der Waals surface area contributed by atoms with Crippen LogP contribution in [0.3, 0.4) is 0 Å². The summed E-state index contributed by atoms with van der Waals surface area (Å²) in [6, 6.07) is 10.2. The van der Waals surface area contributed by atoms with Gasteiger partial charge in [-0.15, -0.1) is 0 Å². The van der Waals surface area contributed by atoms with E-state index in [1.54, 1.807) is 24.3 Å². The number of hydrogen-bond acceptors (Lipinski definition) is 8. The van der Waals surface area contributed by atoms with Crippen LogP contribution in [0, 0.1) is 24.0 Å². The number of aryl methyl sites for hydroxylation is 2. The fourth-order valence-corrected chi connectivity index (χ4v) is 4.87. The molecule has 2 heterocycles. The maximum atomic E-state index is 12.8. The summed E-state index contributed by atoms with van der Waals surface area (Å²) in [4.78, 5) is 51.8. The van der Waals surface area contributed by atoms with Crippen LogP contribution in [0.2, 0.25) is 0 Å². The Morgan fingerprint density at radius 1 is 1.14 bits per heavy atom. The summed E-state index contributed by atoms with van der Waals surface area (Å²) in [5, 5.41) is 13.8. The van der Waals surface area contributed by atoms with Gasteiger partial charge >= 0.3 is 0 Å². The molecular formula is C24H24N4O6S. The van der Waals surface area contributed by atoms with Crippen molar-refractivity contribution in [1.82, 2.24) is 4.90 Å². The summed E-state index contributed by atoms with van der Waals surface area (Å²) in [6.45, 7) is 5.45. The number of amides is 3. The molecule has 0 unspecified atom stereocenters. The number of benzene rings is 2. The van der Waals surface area contributed by atoms with Crippen molar-refractivity contribution in [3.63, 3.8) is 0 Å². The quantitative estimate of drug-likeness (QED) is 0.365. The van der Waals surface area contributed by atoms with Crippen LogP contribution in [0.1, 0.15) is 16.7 Å². The number of imide groups is 1. The van der Waals surface area contributed by atoms with E-state index in [0.717, 1.165) is 16.0 Å². The van der Waals surface area contributed by atoms with E-state index in [-0.39, 0.29) is 10.6 Å². The monoisotopic (exact) mass is 496 g/mol. The van der Waals surface area contributed by atoms with Crippen LogP contribution in [-0.4, -0.2) is 59.7 Å². The molecule has 0 aromatic heterocycles. The molecule has 3 amide bonds. The molecule has 2 aromatic carbocycles. The van der Waals surface area contributed by atoms with Gasteiger partial charge in [0.2, 0.25) is 5.91 Å². The molecule has 0 spiro atoms. The Kier molecular flexibility index (Phi) is 7.17. The third-order valence-electron chi connectivity index (χ3n) is 5.53. The smallest absolute Gasteiger partial charge is 0.294 e. The second-order valence-electron chi connectivity index (χ2n) is 8.30. The first-order chi connectivity index (χ1) is 16.7. The van der Waals surface area contributed by atoms with E-state index in [2.05, 4.69) is 5.32 Å². The van der Waals surface area contributed by atoms with Crippen molar-refractivity contribution in [3.05, 3.63) is 68.1 Å². The number of nitro benzene ring substituents is 1. The van der Waals surface area contributed by atoms with Crippen molar-refractivity contribution in [2.45, 2.75) is 13.8 Å². The molecular weight excluding hydrogens is 472 g/mol. The minimum Gasteiger partial charge on any atom is -0.378 e. The van der Waals surface area contributed by atoms with Gasteiger partial charge in [-0.05, 0) is 66.6 Å². The van der Waals surface area contributed by atoms with Gasteiger partial charge in [-0.2, -0.15) is 0 Å². The maximum absolute atomic E-state index is 12.8. The molecule has 2 aliphatic heterocycles. The predicted molar refractivity (Wildman–Crippen MR) is 133 cm³/mol. The van der Waals surface area contributed by atoms with Gasteiger partial charge in [0.05, 0.1) is 23.0 Å². The largest absolute Gasteiger partial charge is 0.378 e. The van der Waals surface area contributed by atoms with E-state index in [9.17, 15) is 24.5 Å². The molecule has 0 bridgehead atoms. The number of rotatable bonds is 6. The van der Waals surface area contributed by atoms with Gasteiger partial charge in [-0.3, -0.25) is 29.4 Å². The Hall–Kier alpha value is -3.70. The first kappa shape index (κ1) is 24.4. The molecule has 11 heteroatoms. The summed E-state index contributed by atoms with van der Waals surface area (Å²) in [5.74, 6) is -1.11. The summed E-state index contributed by atoms with van der Waals surface area (Å²) < 4.78 is 5.31. The maximum Gasteiger partial charge on any atom is 0.294 e. The van der Waals surface area contributed by atoms with Crippen LogP contribution in [0.25, 0.3) is 6.08 Å². The molecule has 2 aromatic rings. The molecule has 2 aliphatic rings. The third kappa shape index (κ3) is 5.69. The molecule has 4 rings (SSSR count). The van der Waals surface area contributed by atoms with E-state index < -0.39 is 28.5 Å². The Labute approximate surface area is 206 Å². The molecule has 0 aliphatic carbocycles. The van der Waals surface area contributed by atoms with Crippen molar-refractivity contribution in [2.24, 2.45) is 0 Å². The summed E-state index contributed by atoms with van der Waals surface area (Å²) >= 11 is 0.698. The highest BCUT2D eigenvalue weighted by atomic mass is 32.2. The van der Waals surface area contributed by atoms with Crippen LogP contribution in [0.4, 0.5) is 21.9 Å². The lowest BCUT2D eigenvalue weighted by atomic mass is 10.1. The lowest BCUT2D eigenvalue weighted by molar-refractivity contribution is -0.384. The van der Waals surface area contributed by atoms with Gasteiger partial charge in [-0.25, -0.2) is 0 Å². The summed E-state index contributed by atoms with van der Waals surface area (Å²) in [6.07, 6.45) is 1.43. The molecule has 0 radical (unpaired) electrons. The minimum absolute atomic E-state index is 0.0901. The van der Waals surface area contributed by atoms with Crippen molar-refractivity contribution in [2.75, 3.05) is 43.1 Å². The molecule has 2 saturated heterocycles. The van der Waals surface area contributed by atoms with Crippen LogP contribution >= 0.6 is 11.8 Å². The van der Waals surface area contributed by atoms with Crippen molar-refractivity contribution >= 4 is 52.0 Å². The molecule has 0 saturated carbocycles. The highest BCUT2D eigenvalue weighted by Crippen LogP contribution is 2.35. The number of hydrogen-bond donors (Lipinski definition) is 1. The van der Waals surface area contributed by atoms with Gasteiger partial charge < -0.3 is 15.0 Å². The minimum atomic E-state index is -0.615. The highest BCUT2D eigenvalue weighted by Gasteiger charge is 2.36. The van der Waals surface area contributed by atoms with Crippen molar-refractivity contribution in [3.8, 4) is 0 Å². The second-order valence-corrected chi connectivity index (χ2v) is 9.29. The van der Waals surface area contributed by atoms with Crippen molar-refractivity contribution in [1.29, 1.82) is 0 Å². The Morgan fingerprint density at radius 2 is 1.83 bits per heavy atom. The van der Waals surface area contributed by atoms with Gasteiger partial charge in [0, 0.05) is 24.8 Å². The molecule has 10 nitrogen and oxygen atoms in total. The molecule has 0 atom stereocenters. The van der Waals surface area contributed by atoms with Crippen LogP contribution < -0.4 is 10.2 Å².